The lowest BCUT2D eigenvalue weighted by Gasteiger charge is -2.27. The van der Waals surface area contributed by atoms with Crippen LogP contribution in [-0.2, 0) is 11.8 Å². The zero-order valence-corrected chi connectivity index (χ0v) is 19.1. The third-order valence-corrected chi connectivity index (χ3v) is 6.39. The van der Waals surface area contributed by atoms with E-state index in [0.29, 0.717) is 18.1 Å². The molecule has 33 heavy (non-hydrogen) atoms. The molecule has 1 saturated heterocycles. The SMILES string of the molecule is Cn1ccc([C@@H]2[C@H](c3ccccn3)NC(=S)N2CCC(=O)Nc2cccc3ccccc23)c1. The van der Waals surface area contributed by atoms with Crippen LogP contribution < -0.4 is 10.6 Å². The summed E-state index contributed by atoms with van der Waals surface area (Å²) in [5.74, 6) is -0.0396. The number of rotatable bonds is 6. The third-order valence-electron chi connectivity index (χ3n) is 6.04. The fourth-order valence-electron chi connectivity index (χ4n) is 4.48. The van der Waals surface area contributed by atoms with Gasteiger partial charge in [-0.2, -0.15) is 0 Å². The summed E-state index contributed by atoms with van der Waals surface area (Å²) in [5, 5.41) is 9.28. The number of benzene rings is 2. The lowest BCUT2D eigenvalue weighted by molar-refractivity contribution is -0.116. The molecule has 0 saturated carbocycles. The summed E-state index contributed by atoms with van der Waals surface area (Å²) in [6.07, 6.45) is 6.24. The maximum atomic E-state index is 12.9. The van der Waals surface area contributed by atoms with Gasteiger partial charge >= 0.3 is 0 Å². The number of carbonyl (C=O) groups is 1. The predicted molar refractivity (Wildman–Crippen MR) is 135 cm³/mol. The highest BCUT2D eigenvalue weighted by molar-refractivity contribution is 7.80. The van der Waals surface area contributed by atoms with Crippen molar-refractivity contribution in [1.82, 2.24) is 19.8 Å². The first-order valence-corrected chi connectivity index (χ1v) is 11.4. The highest BCUT2D eigenvalue weighted by atomic mass is 32.1. The molecule has 0 radical (unpaired) electrons. The normalized spacial score (nSPS) is 17.8. The molecule has 7 heteroatoms. The standard InChI is InChI=1S/C26H25N5OS/c1-30-15-12-19(17-30)25-24(22-10-4-5-14-27-22)29-26(33)31(25)16-13-23(32)28-21-11-6-8-18-7-2-3-9-20(18)21/h2-12,14-15,17,24-25H,13,16H2,1H3,(H,28,32)(H,29,33)/t24-,25+/m0/s1. The highest BCUT2D eigenvalue weighted by Gasteiger charge is 2.40. The van der Waals surface area contributed by atoms with Crippen molar-refractivity contribution in [2.45, 2.75) is 18.5 Å². The van der Waals surface area contributed by atoms with Crippen molar-refractivity contribution < 1.29 is 4.79 Å². The molecule has 0 aliphatic carbocycles. The molecule has 1 aliphatic heterocycles. The van der Waals surface area contributed by atoms with E-state index in [4.69, 9.17) is 12.2 Å². The molecule has 2 aromatic heterocycles. The highest BCUT2D eigenvalue weighted by Crippen LogP contribution is 2.38. The topological polar surface area (TPSA) is 62.2 Å². The number of hydrogen-bond donors (Lipinski definition) is 2. The van der Waals surface area contributed by atoms with Gasteiger partial charge in [-0.1, -0.05) is 42.5 Å². The van der Waals surface area contributed by atoms with Crippen LogP contribution in [0.2, 0.25) is 0 Å². The second-order valence-electron chi connectivity index (χ2n) is 8.26. The zero-order valence-electron chi connectivity index (χ0n) is 18.3. The minimum atomic E-state index is -0.0813. The summed E-state index contributed by atoms with van der Waals surface area (Å²) in [5.41, 5.74) is 2.89. The molecule has 1 aliphatic rings. The molecule has 4 aromatic rings. The Morgan fingerprint density at radius 1 is 1.09 bits per heavy atom. The Labute approximate surface area is 198 Å². The first kappa shape index (κ1) is 21.2. The molecule has 2 aromatic carbocycles. The summed E-state index contributed by atoms with van der Waals surface area (Å²) >= 11 is 5.69. The molecule has 3 heterocycles. The van der Waals surface area contributed by atoms with Gasteiger partial charge in [0.05, 0.1) is 17.8 Å². The van der Waals surface area contributed by atoms with E-state index in [2.05, 4.69) is 32.8 Å². The van der Waals surface area contributed by atoms with Crippen LogP contribution >= 0.6 is 12.2 Å². The van der Waals surface area contributed by atoms with Gasteiger partial charge in [0, 0.05) is 49.7 Å². The number of thiocarbonyl (C=S) groups is 1. The molecule has 166 valence electrons. The monoisotopic (exact) mass is 455 g/mol. The van der Waals surface area contributed by atoms with Gasteiger partial charge in [0.2, 0.25) is 5.91 Å². The van der Waals surface area contributed by atoms with Crippen molar-refractivity contribution in [3.8, 4) is 0 Å². The summed E-state index contributed by atoms with van der Waals surface area (Å²) < 4.78 is 2.03. The maximum Gasteiger partial charge on any atom is 0.226 e. The Balaban J connectivity index is 1.35. The quantitative estimate of drug-likeness (QED) is 0.417. The predicted octanol–water partition coefficient (Wildman–Crippen LogP) is 4.57. The van der Waals surface area contributed by atoms with E-state index >= 15 is 0 Å². The van der Waals surface area contributed by atoms with E-state index < -0.39 is 0 Å². The molecule has 0 unspecified atom stereocenters. The number of aryl methyl sites for hydroxylation is 1. The average Bonchev–Trinajstić information content (AvgIpc) is 3.41. The number of anilines is 1. The van der Waals surface area contributed by atoms with Gasteiger partial charge in [-0.05, 0) is 47.4 Å². The smallest absolute Gasteiger partial charge is 0.226 e. The fraction of sp³-hybridized carbons (Fsp3) is 0.192. The second-order valence-corrected chi connectivity index (χ2v) is 8.64. The Bertz CT molecular complexity index is 1300. The lowest BCUT2D eigenvalue weighted by Crippen LogP contribution is -2.32. The number of amides is 1. The number of nitrogens with zero attached hydrogens (tertiary/aromatic N) is 3. The maximum absolute atomic E-state index is 12.9. The van der Waals surface area contributed by atoms with Crippen molar-refractivity contribution in [3.05, 3.63) is 96.6 Å². The number of pyridine rings is 1. The Hall–Kier alpha value is -3.71. The van der Waals surface area contributed by atoms with Crippen molar-refractivity contribution in [2.75, 3.05) is 11.9 Å². The van der Waals surface area contributed by atoms with E-state index in [1.807, 2.05) is 78.5 Å². The lowest BCUT2D eigenvalue weighted by atomic mass is 9.99. The number of fused-ring (bicyclic) bond motifs is 1. The van der Waals surface area contributed by atoms with E-state index in [1.54, 1.807) is 6.20 Å². The first-order chi connectivity index (χ1) is 16.1. The Morgan fingerprint density at radius 3 is 2.70 bits per heavy atom. The largest absolute Gasteiger partial charge is 0.357 e. The fourth-order valence-corrected chi connectivity index (χ4v) is 4.81. The molecule has 2 N–H and O–H groups in total. The van der Waals surface area contributed by atoms with Crippen molar-refractivity contribution in [2.24, 2.45) is 7.05 Å². The zero-order chi connectivity index (χ0) is 22.8. The van der Waals surface area contributed by atoms with Crippen LogP contribution in [0, 0.1) is 0 Å². The molecular formula is C26H25N5OS. The third kappa shape index (κ3) is 4.32. The summed E-state index contributed by atoms with van der Waals surface area (Å²) in [6.45, 7) is 0.505. The van der Waals surface area contributed by atoms with Gasteiger partial charge in [-0.3, -0.25) is 9.78 Å². The van der Waals surface area contributed by atoms with Crippen LogP contribution in [0.4, 0.5) is 5.69 Å². The van der Waals surface area contributed by atoms with Gasteiger partial charge in [0.15, 0.2) is 5.11 Å². The summed E-state index contributed by atoms with van der Waals surface area (Å²) in [4.78, 5) is 19.6. The summed E-state index contributed by atoms with van der Waals surface area (Å²) in [7, 11) is 2.00. The summed E-state index contributed by atoms with van der Waals surface area (Å²) in [6, 6.07) is 21.8. The molecule has 6 nitrogen and oxygen atoms in total. The number of hydrogen-bond acceptors (Lipinski definition) is 3. The Morgan fingerprint density at radius 2 is 1.91 bits per heavy atom. The van der Waals surface area contributed by atoms with Gasteiger partial charge in [-0.25, -0.2) is 0 Å². The van der Waals surface area contributed by atoms with Crippen LogP contribution in [0.5, 0.6) is 0 Å². The molecule has 0 spiro atoms. The molecule has 0 bridgehead atoms. The molecule has 2 atom stereocenters. The molecular weight excluding hydrogens is 430 g/mol. The Kier molecular flexibility index (Phi) is 5.79. The molecule has 1 fully saturated rings. The van der Waals surface area contributed by atoms with Crippen LogP contribution in [0.3, 0.4) is 0 Å². The number of aromatic nitrogens is 2. The van der Waals surface area contributed by atoms with Crippen molar-refractivity contribution >= 4 is 39.7 Å². The van der Waals surface area contributed by atoms with Gasteiger partial charge in [0.25, 0.3) is 0 Å². The van der Waals surface area contributed by atoms with Crippen LogP contribution in [0.15, 0.2) is 85.3 Å². The average molecular weight is 456 g/mol. The van der Waals surface area contributed by atoms with Crippen molar-refractivity contribution in [3.63, 3.8) is 0 Å². The number of nitrogens with one attached hydrogen (secondary N) is 2. The van der Waals surface area contributed by atoms with E-state index in [-0.39, 0.29) is 18.0 Å². The molecule has 1 amide bonds. The van der Waals surface area contributed by atoms with Crippen LogP contribution in [0.25, 0.3) is 10.8 Å². The van der Waals surface area contributed by atoms with Gasteiger partial charge in [-0.15, -0.1) is 0 Å². The van der Waals surface area contributed by atoms with Gasteiger partial charge < -0.3 is 20.1 Å². The van der Waals surface area contributed by atoms with Crippen LogP contribution in [-0.4, -0.2) is 32.0 Å². The number of carbonyl (C=O) groups excluding carboxylic acids is 1. The first-order valence-electron chi connectivity index (χ1n) is 11.0. The van der Waals surface area contributed by atoms with E-state index in [9.17, 15) is 4.79 Å². The van der Waals surface area contributed by atoms with E-state index in [1.165, 1.54) is 0 Å². The van der Waals surface area contributed by atoms with Gasteiger partial charge in [0.1, 0.15) is 0 Å². The minimum absolute atomic E-state index is 0.0396. The van der Waals surface area contributed by atoms with Crippen LogP contribution in [0.1, 0.15) is 29.8 Å². The van der Waals surface area contributed by atoms with Crippen molar-refractivity contribution in [1.29, 1.82) is 0 Å². The molecule has 5 rings (SSSR count). The van der Waals surface area contributed by atoms with E-state index in [0.717, 1.165) is 27.7 Å². The minimum Gasteiger partial charge on any atom is -0.357 e. The second kappa shape index (κ2) is 9.03.